The van der Waals surface area contributed by atoms with Gasteiger partial charge in [0, 0.05) is 37.1 Å². The van der Waals surface area contributed by atoms with Crippen LogP contribution in [0.5, 0.6) is 0 Å². The summed E-state index contributed by atoms with van der Waals surface area (Å²) in [6.45, 7) is 5.65. The smallest absolute Gasteiger partial charge is 0.248 e. The summed E-state index contributed by atoms with van der Waals surface area (Å²) in [6, 6.07) is 10.9. The fourth-order valence-electron chi connectivity index (χ4n) is 3.81. The average Bonchev–Trinajstić information content (AvgIpc) is 2.74. The van der Waals surface area contributed by atoms with Gasteiger partial charge in [-0.05, 0) is 62.9 Å². The van der Waals surface area contributed by atoms with Gasteiger partial charge < -0.3 is 16.0 Å². The van der Waals surface area contributed by atoms with Gasteiger partial charge in [0.1, 0.15) is 0 Å². The van der Waals surface area contributed by atoms with E-state index in [9.17, 15) is 14.4 Å². The first-order chi connectivity index (χ1) is 14.3. The van der Waals surface area contributed by atoms with Crippen LogP contribution >= 0.6 is 0 Å². The number of ketones is 1. The molecule has 1 aliphatic heterocycles. The number of primary amides is 1. The zero-order chi connectivity index (χ0) is 21.7. The SMILES string of the molecule is Cc1ccc(C)c(C(=O)CCC(=O)Nc2cc(C(N)=O)ccc2N2CCCCC2)c1. The van der Waals surface area contributed by atoms with Gasteiger partial charge in [-0.25, -0.2) is 0 Å². The number of amides is 2. The van der Waals surface area contributed by atoms with Crippen LogP contribution in [0.3, 0.4) is 0 Å². The molecule has 30 heavy (non-hydrogen) atoms. The Kier molecular flexibility index (Phi) is 6.87. The van der Waals surface area contributed by atoms with E-state index in [-0.39, 0.29) is 24.5 Å². The molecule has 0 aromatic heterocycles. The molecule has 0 radical (unpaired) electrons. The number of Topliss-reactive ketones (excluding diaryl/α,β-unsaturated/α-hetero) is 1. The maximum absolute atomic E-state index is 12.6. The van der Waals surface area contributed by atoms with Crippen molar-refractivity contribution >= 4 is 29.0 Å². The minimum atomic E-state index is -0.541. The molecule has 0 unspecified atom stereocenters. The standard InChI is InChI=1S/C24H29N3O3/c1-16-6-7-17(2)19(14-16)22(28)10-11-23(29)26-20-15-18(24(25)30)8-9-21(20)27-12-4-3-5-13-27/h6-9,14-15H,3-5,10-13H2,1-2H3,(H2,25,30)(H,26,29). The molecule has 1 saturated heterocycles. The minimum Gasteiger partial charge on any atom is -0.370 e. The van der Waals surface area contributed by atoms with Crippen molar-refractivity contribution in [1.82, 2.24) is 0 Å². The number of aryl methyl sites for hydroxylation is 2. The number of hydrogen-bond donors (Lipinski definition) is 2. The van der Waals surface area contributed by atoms with Crippen molar-refractivity contribution in [1.29, 1.82) is 0 Å². The zero-order valence-corrected chi connectivity index (χ0v) is 17.7. The molecule has 0 bridgehead atoms. The average molecular weight is 408 g/mol. The summed E-state index contributed by atoms with van der Waals surface area (Å²) in [5.41, 5.74) is 9.80. The van der Waals surface area contributed by atoms with Gasteiger partial charge in [-0.15, -0.1) is 0 Å². The second-order valence-electron chi connectivity index (χ2n) is 7.93. The monoisotopic (exact) mass is 407 g/mol. The molecule has 1 fully saturated rings. The number of benzene rings is 2. The van der Waals surface area contributed by atoms with E-state index >= 15 is 0 Å². The quantitative estimate of drug-likeness (QED) is 0.679. The molecule has 3 N–H and O–H groups in total. The lowest BCUT2D eigenvalue weighted by atomic mass is 9.99. The number of anilines is 2. The third-order valence-electron chi connectivity index (χ3n) is 5.52. The molecule has 0 atom stereocenters. The summed E-state index contributed by atoms with van der Waals surface area (Å²) in [5, 5.41) is 2.90. The molecule has 2 aromatic carbocycles. The lowest BCUT2D eigenvalue weighted by Crippen LogP contribution is -2.30. The van der Waals surface area contributed by atoms with Crippen molar-refractivity contribution in [2.45, 2.75) is 46.0 Å². The van der Waals surface area contributed by atoms with E-state index < -0.39 is 5.91 Å². The molecule has 1 aliphatic rings. The van der Waals surface area contributed by atoms with E-state index in [0.29, 0.717) is 16.8 Å². The molecule has 0 aliphatic carbocycles. The Morgan fingerprint density at radius 3 is 2.40 bits per heavy atom. The minimum absolute atomic E-state index is 0.0477. The molecule has 2 aromatic rings. The number of nitrogens with two attached hydrogens (primary N) is 1. The maximum Gasteiger partial charge on any atom is 0.248 e. The van der Waals surface area contributed by atoms with Crippen molar-refractivity contribution in [2.75, 3.05) is 23.3 Å². The van der Waals surface area contributed by atoms with Gasteiger partial charge >= 0.3 is 0 Å². The topological polar surface area (TPSA) is 92.5 Å². The Labute approximate surface area is 177 Å². The van der Waals surface area contributed by atoms with E-state index in [1.54, 1.807) is 12.1 Å². The van der Waals surface area contributed by atoms with Crippen LogP contribution in [0.15, 0.2) is 36.4 Å². The van der Waals surface area contributed by atoms with E-state index in [1.165, 1.54) is 6.42 Å². The van der Waals surface area contributed by atoms with Gasteiger partial charge in [0.15, 0.2) is 5.78 Å². The van der Waals surface area contributed by atoms with Crippen molar-refractivity contribution in [3.63, 3.8) is 0 Å². The first-order valence-corrected chi connectivity index (χ1v) is 10.4. The summed E-state index contributed by atoms with van der Waals surface area (Å²) in [4.78, 5) is 39.0. The van der Waals surface area contributed by atoms with Gasteiger partial charge in [-0.3, -0.25) is 14.4 Å². The lowest BCUT2D eigenvalue weighted by Gasteiger charge is -2.30. The molecule has 2 amide bonds. The van der Waals surface area contributed by atoms with Crippen LogP contribution in [0.1, 0.15) is 63.9 Å². The molecular formula is C24H29N3O3. The zero-order valence-electron chi connectivity index (χ0n) is 17.7. The number of hydrogen-bond acceptors (Lipinski definition) is 4. The highest BCUT2D eigenvalue weighted by Crippen LogP contribution is 2.30. The first-order valence-electron chi connectivity index (χ1n) is 10.4. The van der Waals surface area contributed by atoms with Crippen LogP contribution in [0.4, 0.5) is 11.4 Å². The maximum atomic E-state index is 12.6. The summed E-state index contributed by atoms with van der Waals surface area (Å²) >= 11 is 0. The van der Waals surface area contributed by atoms with Crippen LogP contribution in [0.25, 0.3) is 0 Å². The predicted molar refractivity (Wildman–Crippen MR) is 119 cm³/mol. The van der Waals surface area contributed by atoms with Gasteiger partial charge in [0.2, 0.25) is 11.8 Å². The predicted octanol–water partition coefficient (Wildman–Crippen LogP) is 3.99. The molecule has 3 rings (SSSR count). The summed E-state index contributed by atoms with van der Waals surface area (Å²) in [7, 11) is 0. The van der Waals surface area contributed by atoms with Crippen LogP contribution in [0, 0.1) is 13.8 Å². The van der Waals surface area contributed by atoms with Crippen molar-refractivity contribution < 1.29 is 14.4 Å². The molecule has 6 heteroatoms. The number of nitrogens with one attached hydrogen (secondary N) is 1. The highest BCUT2D eigenvalue weighted by molar-refractivity contribution is 6.03. The van der Waals surface area contributed by atoms with Gasteiger partial charge in [0.05, 0.1) is 11.4 Å². The number of carbonyl (C=O) groups is 3. The first kappa shape index (κ1) is 21.6. The number of piperidine rings is 1. The third kappa shape index (κ3) is 5.26. The largest absolute Gasteiger partial charge is 0.370 e. The highest BCUT2D eigenvalue weighted by Gasteiger charge is 2.18. The van der Waals surface area contributed by atoms with Crippen molar-refractivity contribution in [3.05, 3.63) is 58.7 Å². The summed E-state index contributed by atoms with van der Waals surface area (Å²) in [6.07, 6.45) is 3.58. The van der Waals surface area contributed by atoms with Crippen molar-refractivity contribution in [2.24, 2.45) is 5.73 Å². The van der Waals surface area contributed by atoms with E-state index in [0.717, 1.165) is 42.7 Å². The molecule has 1 heterocycles. The van der Waals surface area contributed by atoms with Crippen LogP contribution < -0.4 is 16.0 Å². The van der Waals surface area contributed by atoms with Gasteiger partial charge in [-0.1, -0.05) is 17.7 Å². The Morgan fingerprint density at radius 2 is 1.70 bits per heavy atom. The Balaban J connectivity index is 1.71. The van der Waals surface area contributed by atoms with Gasteiger partial charge in [0.25, 0.3) is 0 Å². The van der Waals surface area contributed by atoms with Crippen LogP contribution in [0.2, 0.25) is 0 Å². The van der Waals surface area contributed by atoms with E-state index in [1.807, 2.05) is 38.1 Å². The molecule has 0 spiro atoms. The molecular weight excluding hydrogens is 378 g/mol. The third-order valence-corrected chi connectivity index (χ3v) is 5.52. The second kappa shape index (κ2) is 9.57. The lowest BCUT2D eigenvalue weighted by molar-refractivity contribution is -0.116. The van der Waals surface area contributed by atoms with Gasteiger partial charge in [-0.2, -0.15) is 0 Å². The Morgan fingerprint density at radius 1 is 0.967 bits per heavy atom. The van der Waals surface area contributed by atoms with E-state index in [4.69, 9.17) is 5.73 Å². The van der Waals surface area contributed by atoms with Crippen LogP contribution in [-0.4, -0.2) is 30.7 Å². The number of rotatable bonds is 7. The Hall–Kier alpha value is -3.15. The van der Waals surface area contributed by atoms with Crippen molar-refractivity contribution in [3.8, 4) is 0 Å². The van der Waals surface area contributed by atoms with Crippen LogP contribution in [-0.2, 0) is 4.79 Å². The second-order valence-corrected chi connectivity index (χ2v) is 7.93. The normalized spacial score (nSPS) is 13.7. The fourth-order valence-corrected chi connectivity index (χ4v) is 3.81. The fraction of sp³-hybridized carbons (Fsp3) is 0.375. The highest BCUT2D eigenvalue weighted by atomic mass is 16.2. The summed E-state index contributed by atoms with van der Waals surface area (Å²) in [5.74, 6) is -0.845. The molecule has 158 valence electrons. The summed E-state index contributed by atoms with van der Waals surface area (Å²) < 4.78 is 0. The van der Waals surface area contributed by atoms with E-state index in [2.05, 4.69) is 10.2 Å². The molecule has 6 nitrogen and oxygen atoms in total. The Bertz CT molecular complexity index is 962. The number of carbonyl (C=O) groups excluding carboxylic acids is 3. The number of nitrogens with zero attached hydrogens (tertiary/aromatic N) is 1. The molecule has 0 saturated carbocycles.